The van der Waals surface area contributed by atoms with Crippen LogP contribution in [0.1, 0.15) is 31.3 Å². The lowest BCUT2D eigenvalue weighted by molar-refractivity contribution is -0.115. The Balaban J connectivity index is 1.74. The van der Waals surface area contributed by atoms with Crippen molar-refractivity contribution in [2.24, 2.45) is 0 Å². The summed E-state index contributed by atoms with van der Waals surface area (Å²) in [7, 11) is 1.60. The topological polar surface area (TPSA) is 78.3 Å². The molecule has 168 valence electrons. The zero-order chi connectivity index (χ0) is 23.1. The number of anilines is 1. The normalized spacial score (nSPS) is 12.6. The van der Waals surface area contributed by atoms with Crippen molar-refractivity contribution in [3.05, 3.63) is 72.6 Å². The number of allylic oxidation sites excluding steroid dienone is 1. The average Bonchev–Trinajstić information content (AvgIpc) is 3.16. The fourth-order valence-corrected chi connectivity index (χ4v) is 3.99. The Kier molecular flexibility index (Phi) is 7.94. The van der Waals surface area contributed by atoms with E-state index in [-0.39, 0.29) is 17.3 Å². The molecule has 2 unspecified atom stereocenters. The van der Waals surface area contributed by atoms with Gasteiger partial charge in [-0.3, -0.25) is 9.36 Å². The average molecular weight is 453 g/mol. The largest absolute Gasteiger partial charge is 0.493 e. The van der Waals surface area contributed by atoms with Crippen molar-refractivity contribution < 1.29 is 14.3 Å². The fourth-order valence-electron chi connectivity index (χ4n) is 3.13. The van der Waals surface area contributed by atoms with Crippen LogP contribution in [-0.4, -0.2) is 33.0 Å². The summed E-state index contributed by atoms with van der Waals surface area (Å²) in [6, 6.07) is 15.2. The molecular formula is C24H28N4O3S. The summed E-state index contributed by atoms with van der Waals surface area (Å²) < 4.78 is 13.4. The van der Waals surface area contributed by atoms with Gasteiger partial charge in [0, 0.05) is 12.2 Å². The second-order valence-electron chi connectivity index (χ2n) is 7.27. The molecule has 0 saturated heterocycles. The minimum Gasteiger partial charge on any atom is -0.493 e. The maximum Gasteiger partial charge on any atom is 0.237 e. The number of nitrogens with zero attached hydrogens (tertiary/aromatic N) is 3. The molecule has 0 radical (unpaired) electrons. The van der Waals surface area contributed by atoms with Crippen LogP contribution in [0.3, 0.4) is 0 Å². The van der Waals surface area contributed by atoms with Crippen LogP contribution in [0.4, 0.5) is 5.69 Å². The maximum atomic E-state index is 12.7. The van der Waals surface area contributed by atoms with Crippen LogP contribution in [0.2, 0.25) is 0 Å². The van der Waals surface area contributed by atoms with Crippen LogP contribution in [0.25, 0.3) is 0 Å². The highest BCUT2D eigenvalue weighted by molar-refractivity contribution is 8.00. The standard InChI is InChI=1S/C24H28N4O3S/c1-6-14-28-22(17(3)31-21-13-8-7-12-20(21)30-5)26-27-24(28)32-18(4)23(29)25-19-11-9-10-16(2)15-19/h6-13,15,17-18H,1,14H2,2-5H3,(H,25,29). The molecule has 3 aromatic rings. The lowest BCUT2D eigenvalue weighted by atomic mass is 10.2. The number of para-hydroxylation sites is 2. The summed E-state index contributed by atoms with van der Waals surface area (Å²) in [5.74, 6) is 1.80. The van der Waals surface area contributed by atoms with Gasteiger partial charge in [-0.05, 0) is 50.6 Å². The molecule has 0 bridgehead atoms. The van der Waals surface area contributed by atoms with Gasteiger partial charge < -0.3 is 14.8 Å². The van der Waals surface area contributed by atoms with Gasteiger partial charge in [-0.15, -0.1) is 16.8 Å². The number of carbonyl (C=O) groups excluding carboxylic acids is 1. The molecule has 0 aliphatic heterocycles. The Hall–Kier alpha value is -3.26. The lowest BCUT2D eigenvalue weighted by Gasteiger charge is -2.18. The third kappa shape index (κ3) is 5.70. The van der Waals surface area contributed by atoms with Crippen LogP contribution in [0.15, 0.2) is 66.3 Å². The van der Waals surface area contributed by atoms with E-state index in [0.29, 0.717) is 29.0 Å². The highest BCUT2D eigenvalue weighted by Crippen LogP contribution is 2.32. The number of ether oxygens (including phenoxy) is 2. The number of aromatic nitrogens is 3. The molecule has 1 N–H and O–H groups in total. The molecule has 3 rings (SSSR count). The number of aryl methyl sites for hydroxylation is 1. The van der Waals surface area contributed by atoms with E-state index in [0.717, 1.165) is 11.3 Å². The third-order valence-corrected chi connectivity index (χ3v) is 5.81. The van der Waals surface area contributed by atoms with Crippen LogP contribution < -0.4 is 14.8 Å². The van der Waals surface area contributed by atoms with E-state index in [1.807, 2.05) is 73.9 Å². The summed E-state index contributed by atoms with van der Waals surface area (Å²) in [6.07, 6.45) is 1.38. The van der Waals surface area contributed by atoms with Gasteiger partial charge in [-0.2, -0.15) is 0 Å². The zero-order valence-corrected chi connectivity index (χ0v) is 19.6. The van der Waals surface area contributed by atoms with Gasteiger partial charge in [0.05, 0.1) is 12.4 Å². The molecule has 7 nitrogen and oxygen atoms in total. The predicted octanol–water partition coefficient (Wildman–Crippen LogP) is 5.04. The van der Waals surface area contributed by atoms with Gasteiger partial charge in [-0.1, -0.05) is 42.1 Å². The molecule has 0 aliphatic rings. The van der Waals surface area contributed by atoms with Gasteiger partial charge in [0.15, 0.2) is 28.6 Å². The number of nitrogens with one attached hydrogen (secondary N) is 1. The monoisotopic (exact) mass is 452 g/mol. The second-order valence-corrected chi connectivity index (χ2v) is 8.58. The molecule has 2 aromatic carbocycles. The summed E-state index contributed by atoms with van der Waals surface area (Å²) in [5, 5.41) is 11.9. The van der Waals surface area contributed by atoms with Gasteiger partial charge in [0.1, 0.15) is 0 Å². The van der Waals surface area contributed by atoms with Crippen LogP contribution in [0.5, 0.6) is 11.5 Å². The van der Waals surface area contributed by atoms with Crippen molar-refractivity contribution in [2.45, 2.75) is 43.8 Å². The highest BCUT2D eigenvalue weighted by Gasteiger charge is 2.23. The van der Waals surface area contributed by atoms with E-state index >= 15 is 0 Å². The zero-order valence-electron chi connectivity index (χ0n) is 18.7. The molecule has 0 spiro atoms. The van der Waals surface area contributed by atoms with Crippen LogP contribution in [-0.2, 0) is 11.3 Å². The molecule has 0 fully saturated rings. The molecule has 1 heterocycles. The second kappa shape index (κ2) is 10.9. The van der Waals surface area contributed by atoms with Gasteiger partial charge in [0.2, 0.25) is 5.91 Å². The van der Waals surface area contributed by atoms with E-state index in [2.05, 4.69) is 22.1 Å². The quantitative estimate of drug-likeness (QED) is 0.343. The van der Waals surface area contributed by atoms with Crippen molar-refractivity contribution in [1.82, 2.24) is 14.8 Å². The number of thioether (sulfide) groups is 1. The first-order valence-electron chi connectivity index (χ1n) is 10.3. The highest BCUT2D eigenvalue weighted by atomic mass is 32.2. The molecule has 0 saturated carbocycles. The SMILES string of the molecule is C=CCn1c(SC(C)C(=O)Nc2cccc(C)c2)nnc1C(C)Oc1ccccc1OC. The Bertz CT molecular complexity index is 1080. The van der Waals surface area contributed by atoms with Gasteiger partial charge in [0.25, 0.3) is 0 Å². The van der Waals surface area contributed by atoms with E-state index in [4.69, 9.17) is 9.47 Å². The first-order valence-corrected chi connectivity index (χ1v) is 11.2. The Morgan fingerprint density at radius 3 is 2.62 bits per heavy atom. The molecule has 0 aliphatic carbocycles. The van der Waals surface area contributed by atoms with Crippen molar-refractivity contribution in [1.29, 1.82) is 0 Å². The number of hydrogen-bond acceptors (Lipinski definition) is 6. The predicted molar refractivity (Wildman–Crippen MR) is 127 cm³/mol. The number of benzene rings is 2. The van der Waals surface area contributed by atoms with Crippen molar-refractivity contribution in [3.8, 4) is 11.5 Å². The van der Waals surface area contributed by atoms with Crippen molar-refractivity contribution in [3.63, 3.8) is 0 Å². The van der Waals surface area contributed by atoms with Crippen molar-refractivity contribution in [2.75, 3.05) is 12.4 Å². The third-order valence-electron chi connectivity index (χ3n) is 4.73. The first kappa shape index (κ1) is 23.4. The lowest BCUT2D eigenvalue weighted by Crippen LogP contribution is -2.23. The Labute approximate surface area is 192 Å². The summed E-state index contributed by atoms with van der Waals surface area (Å²) >= 11 is 1.34. The van der Waals surface area contributed by atoms with E-state index < -0.39 is 0 Å². The number of carbonyl (C=O) groups is 1. The van der Waals surface area contributed by atoms with Crippen LogP contribution >= 0.6 is 11.8 Å². The van der Waals surface area contributed by atoms with Crippen LogP contribution in [0, 0.1) is 6.92 Å². The minimum atomic E-state index is -0.385. The fraction of sp³-hybridized carbons (Fsp3) is 0.292. The van der Waals surface area contributed by atoms with Gasteiger partial charge >= 0.3 is 0 Å². The Morgan fingerprint density at radius 2 is 1.94 bits per heavy atom. The number of rotatable bonds is 10. The summed E-state index contributed by atoms with van der Waals surface area (Å²) in [4.78, 5) is 12.7. The molecule has 2 atom stereocenters. The number of hydrogen-bond donors (Lipinski definition) is 1. The van der Waals surface area contributed by atoms with E-state index in [9.17, 15) is 4.79 Å². The van der Waals surface area contributed by atoms with E-state index in [1.165, 1.54) is 11.8 Å². The smallest absolute Gasteiger partial charge is 0.237 e. The Morgan fingerprint density at radius 1 is 1.19 bits per heavy atom. The van der Waals surface area contributed by atoms with E-state index in [1.54, 1.807) is 13.2 Å². The molecule has 1 amide bonds. The minimum absolute atomic E-state index is 0.103. The number of amides is 1. The first-order chi connectivity index (χ1) is 15.4. The summed E-state index contributed by atoms with van der Waals surface area (Å²) in [5.41, 5.74) is 1.86. The molecule has 32 heavy (non-hydrogen) atoms. The van der Waals surface area contributed by atoms with Crippen molar-refractivity contribution >= 4 is 23.4 Å². The molecular weight excluding hydrogens is 424 g/mol. The molecule has 1 aromatic heterocycles. The summed E-state index contributed by atoms with van der Waals surface area (Å²) in [6.45, 7) is 10.1. The molecule has 8 heteroatoms. The number of methoxy groups -OCH3 is 1. The van der Waals surface area contributed by atoms with Gasteiger partial charge in [-0.25, -0.2) is 0 Å². The maximum absolute atomic E-state index is 12.7.